The summed E-state index contributed by atoms with van der Waals surface area (Å²) >= 11 is 0. The van der Waals surface area contributed by atoms with Crippen molar-refractivity contribution in [1.82, 2.24) is 26.6 Å². The molecule has 0 bridgehead atoms. The molecule has 0 spiro atoms. The lowest BCUT2D eigenvalue weighted by atomic mass is 9.94. The first-order chi connectivity index (χ1) is 16.8. The van der Waals surface area contributed by atoms with Crippen LogP contribution in [0.5, 0.6) is 0 Å². The Morgan fingerprint density at radius 1 is 1.14 bits per heavy atom. The number of nitrogens with zero attached hydrogens (tertiary/aromatic N) is 1. The number of hydrogen-bond acceptors (Lipinski definition) is 6. The van der Waals surface area contributed by atoms with E-state index in [-0.39, 0.29) is 30.4 Å². The van der Waals surface area contributed by atoms with Crippen molar-refractivity contribution in [3.05, 3.63) is 82.9 Å². The maximum Gasteiger partial charge on any atom is 0.258 e. The molecule has 2 aliphatic rings. The van der Waals surface area contributed by atoms with E-state index in [2.05, 4.69) is 21.7 Å². The van der Waals surface area contributed by atoms with Crippen LogP contribution in [0.3, 0.4) is 0 Å². The molecule has 0 saturated carbocycles. The zero-order valence-electron chi connectivity index (χ0n) is 19.5. The van der Waals surface area contributed by atoms with Crippen LogP contribution in [0.4, 0.5) is 8.78 Å². The number of likely N-dealkylation sites (tertiary alicyclic amines) is 1. The molecule has 2 amide bonds. The molecule has 8 nitrogen and oxygen atoms in total. The Balaban J connectivity index is 1.59. The van der Waals surface area contributed by atoms with Gasteiger partial charge in [0.1, 0.15) is 18.0 Å². The van der Waals surface area contributed by atoms with Crippen molar-refractivity contribution in [2.45, 2.75) is 50.5 Å². The zero-order valence-corrected chi connectivity index (χ0v) is 19.5. The molecule has 35 heavy (non-hydrogen) atoms. The number of rotatable bonds is 7. The van der Waals surface area contributed by atoms with Crippen LogP contribution in [0.2, 0.25) is 0 Å². The fourth-order valence-corrected chi connectivity index (χ4v) is 4.41. The van der Waals surface area contributed by atoms with Crippen molar-refractivity contribution in [3.8, 4) is 0 Å². The Hall–Kier alpha value is -3.50. The Morgan fingerprint density at radius 2 is 1.89 bits per heavy atom. The molecule has 2 heterocycles. The van der Waals surface area contributed by atoms with Crippen LogP contribution in [-0.2, 0) is 9.59 Å². The smallest absolute Gasteiger partial charge is 0.258 e. The molecule has 10 heteroatoms. The first-order valence-electron chi connectivity index (χ1n) is 11.5. The van der Waals surface area contributed by atoms with E-state index < -0.39 is 36.2 Å². The second kappa shape index (κ2) is 10.4. The SMILES string of the molecule is CC(C)c1ccc([C@@H](NC(=O)[C@@H]2C[C@@H](F)CN2C(=O)C(O)C2=CNNN2)c2ccccc2)cc1F. The highest BCUT2D eigenvalue weighted by Crippen LogP contribution is 2.28. The standard InChI is InChI=1S/C25H29F2N5O3/c1-14(2)18-9-8-16(10-19(18)27)22(15-6-4-3-5-7-15)29-24(34)21-11-17(26)13-32(21)25(35)23(33)20-12-28-31-30-20/h3-10,12,14,17,21-23,28,30-31,33H,11,13H2,1-2H3,(H,29,34)/t17-,21+,22+,23?/m1/s1. The zero-order chi connectivity index (χ0) is 25.1. The maximum atomic E-state index is 14.8. The van der Waals surface area contributed by atoms with Gasteiger partial charge in [-0.2, -0.15) is 5.53 Å². The number of hydrazine groups is 2. The van der Waals surface area contributed by atoms with Crippen molar-refractivity contribution in [2.75, 3.05) is 6.54 Å². The topological polar surface area (TPSA) is 106 Å². The van der Waals surface area contributed by atoms with E-state index in [4.69, 9.17) is 0 Å². The third kappa shape index (κ3) is 5.28. The molecule has 4 rings (SSSR count). The van der Waals surface area contributed by atoms with Crippen LogP contribution >= 0.6 is 0 Å². The van der Waals surface area contributed by atoms with Crippen LogP contribution in [0.25, 0.3) is 0 Å². The van der Waals surface area contributed by atoms with Crippen molar-refractivity contribution >= 4 is 11.8 Å². The number of nitrogens with one attached hydrogen (secondary N) is 4. The van der Waals surface area contributed by atoms with Crippen molar-refractivity contribution in [1.29, 1.82) is 0 Å². The first-order valence-corrected chi connectivity index (χ1v) is 11.5. The highest BCUT2D eigenvalue weighted by Gasteiger charge is 2.43. The summed E-state index contributed by atoms with van der Waals surface area (Å²) in [5.41, 5.74) is 9.62. The van der Waals surface area contributed by atoms with Crippen LogP contribution in [0, 0.1) is 5.82 Å². The molecule has 2 aromatic rings. The van der Waals surface area contributed by atoms with Crippen molar-refractivity contribution in [2.24, 2.45) is 0 Å². The van der Waals surface area contributed by atoms with Gasteiger partial charge < -0.3 is 26.2 Å². The summed E-state index contributed by atoms with van der Waals surface area (Å²) in [6, 6.07) is 12.0. The molecule has 2 aromatic carbocycles. The third-order valence-corrected chi connectivity index (χ3v) is 6.27. The fourth-order valence-electron chi connectivity index (χ4n) is 4.41. The molecule has 5 N–H and O–H groups in total. The van der Waals surface area contributed by atoms with Gasteiger partial charge in [0.05, 0.1) is 18.3 Å². The number of aliphatic hydroxyl groups is 1. The molecule has 1 unspecified atom stereocenters. The lowest BCUT2D eigenvalue weighted by Crippen LogP contribution is -2.51. The Kier molecular flexibility index (Phi) is 7.32. The third-order valence-electron chi connectivity index (χ3n) is 6.27. The summed E-state index contributed by atoms with van der Waals surface area (Å²) in [6.45, 7) is 3.48. The molecule has 0 aromatic heterocycles. The van der Waals surface area contributed by atoms with E-state index in [1.54, 1.807) is 36.4 Å². The van der Waals surface area contributed by atoms with Crippen molar-refractivity contribution < 1.29 is 23.5 Å². The summed E-state index contributed by atoms with van der Waals surface area (Å²) in [6.07, 6.45) is -1.85. The molecule has 1 saturated heterocycles. The monoisotopic (exact) mass is 485 g/mol. The number of alkyl halides is 1. The summed E-state index contributed by atoms with van der Waals surface area (Å²) in [4.78, 5) is 27.3. The number of halogens is 2. The number of carbonyl (C=O) groups is 2. The quantitative estimate of drug-likeness (QED) is 0.410. The average molecular weight is 486 g/mol. The molecule has 186 valence electrons. The second-order valence-corrected chi connectivity index (χ2v) is 9.02. The van der Waals surface area contributed by atoms with Crippen LogP contribution in [0.1, 0.15) is 48.9 Å². The minimum atomic E-state index is -1.60. The molecule has 2 aliphatic heterocycles. The van der Waals surface area contributed by atoms with Crippen LogP contribution in [0.15, 0.2) is 60.4 Å². The number of carbonyl (C=O) groups excluding carboxylic acids is 2. The Bertz CT molecular complexity index is 1110. The highest BCUT2D eigenvalue weighted by atomic mass is 19.1. The van der Waals surface area contributed by atoms with Gasteiger partial charge in [0.15, 0.2) is 6.10 Å². The summed E-state index contributed by atoms with van der Waals surface area (Å²) in [5, 5.41) is 13.3. The molecular formula is C25H29F2N5O3. The van der Waals surface area contributed by atoms with Gasteiger partial charge in [-0.3, -0.25) is 9.59 Å². The number of benzene rings is 2. The minimum Gasteiger partial charge on any atom is -0.377 e. The van der Waals surface area contributed by atoms with Gasteiger partial charge in [0, 0.05) is 12.6 Å². The van der Waals surface area contributed by atoms with E-state index in [0.717, 1.165) is 4.90 Å². The van der Waals surface area contributed by atoms with Crippen LogP contribution in [-0.4, -0.2) is 46.7 Å². The minimum absolute atomic E-state index is 0.00494. The molecule has 0 aliphatic carbocycles. The number of amides is 2. The summed E-state index contributed by atoms with van der Waals surface area (Å²) in [7, 11) is 0. The fraction of sp³-hybridized carbons (Fsp3) is 0.360. The van der Waals surface area contributed by atoms with Gasteiger partial charge in [-0.1, -0.05) is 56.3 Å². The number of hydrogen-bond donors (Lipinski definition) is 5. The van der Waals surface area contributed by atoms with E-state index >= 15 is 0 Å². The molecule has 1 fully saturated rings. The van der Waals surface area contributed by atoms with E-state index in [0.29, 0.717) is 16.7 Å². The van der Waals surface area contributed by atoms with Gasteiger partial charge in [0.2, 0.25) is 5.91 Å². The first kappa shape index (κ1) is 24.6. The average Bonchev–Trinajstić information content (AvgIpc) is 3.52. The normalized spacial score (nSPS) is 21.2. The van der Waals surface area contributed by atoms with Gasteiger partial charge in [-0.25, -0.2) is 8.78 Å². The number of aliphatic hydroxyl groups excluding tert-OH is 1. The summed E-state index contributed by atoms with van der Waals surface area (Å²) in [5.74, 6) is -1.76. The lowest BCUT2D eigenvalue weighted by molar-refractivity contribution is -0.144. The van der Waals surface area contributed by atoms with Crippen molar-refractivity contribution in [3.63, 3.8) is 0 Å². The second-order valence-electron chi connectivity index (χ2n) is 9.02. The highest BCUT2D eigenvalue weighted by molar-refractivity contribution is 5.91. The molecule has 0 radical (unpaired) electrons. The Labute approximate surface area is 202 Å². The Morgan fingerprint density at radius 3 is 2.51 bits per heavy atom. The predicted octanol–water partition coefficient (Wildman–Crippen LogP) is 1.91. The van der Waals surface area contributed by atoms with E-state index in [1.807, 2.05) is 19.9 Å². The maximum absolute atomic E-state index is 14.8. The van der Waals surface area contributed by atoms with Crippen LogP contribution < -0.4 is 21.7 Å². The molecule has 4 atom stereocenters. The van der Waals surface area contributed by atoms with E-state index in [9.17, 15) is 23.5 Å². The van der Waals surface area contributed by atoms with Gasteiger partial charge in [-0.05, 0) is 28.7 Å². The van der Waals surface area contributed by atoms with Gasteiger partial charge >= 0.3 is 0 Å². The van der Waals surface area contributed by atoms with Gasteiger partial charge in [0.25, 0.3) is 5.91 Å². The molecular weight excluding hydrogens is 456 g/mol. The van der Waals surface area contributed by atoms with Gasteiger partial charge in [-0.15, -0.1) is 0 Å². The van der Waals surface area contributed by atoms with E-state index in [1.165, 1.54) is 12.3 Å². The summed E-state index contributed by atoms with van der Waals surface area (Å²) < 4.78 is 29.2. The largest absolute Gasteiger partial charge is 0.377 e. The lowest BCUT2D eigenvalue weighted by Gasteiger charge is -2.28. The predicted molar refractivity (Wildman–Crippen MR) is 125 cm³/mol.